The first-order valence-electron chi connectivity index (χ1n) is 4.89. The SMILES string of the molecule is Cn1cnc(Oc2ccc3scnc3c2N)n1. The fourth-order valence-electron chi connectivity index (χ4n) is 1.49. The molecule has 7 heteroatoms. The van der Waals surface area contributed by atoms with Crippen LogP contribution in [0.4, 0.5) is 5.69 Å². The molecule has 0 aliphatic carbocycles. The van der Waals surface area contributed by atoms with Gasteiger partial charge in [-0.15, -0.1) is 16.4 Å². The molecule has 0 fully saturated rings. The maximum Gasteiger partial charge on any atom is 0.341 e. The molecule has 0 amide bonds. The number of nitrogens with two attached hydrogens (primary N) is 1. The van der Waals surface area contributed by atoms with Gasteiger partial charge in [-0.3, -0.25) is 4.68 Å². The average molecular weight is 247 g/mol. The summed E-state index contributed by atoms with van der Waals surface area (Å²) >= 11 is 1.54. The highest BCUT2D eigenvalue weighted by atomic mass is 32.1. The summed E-state index contributed by atoms with van der Waals surface area (Å²) in [5.74, 6) is 0.523. The van der Waals surface area contributed by atoms with Gasteiger partial charge in [0.2, 0.25) is 0 Å². The van der Waals surface area contributed by atoms with Crippen LogP contribution in [-0.2, 0) is 7.05 Å². The number of thiazole rings is 1. The first kappa shape index (κ1) is 10.0. The number of hydrogen-bond acceptors (Lipinski definition) is 6. The van der Waals surface area contributed by atoms with Crippen molar-refractivity contribution in [3.63, 3.8) is 0 Å². The Balaban J connectivity index is 2.02. The topological polar surface area (TPSA) is 78.8 Å². The minimum atomic E-state index is 0.272. The van der Waals surface area contributed by atoms with Crippen LogP contribution >= 0.6 is 11.3 Å². The molecule has 2 heterocycles. The molecule has 0 radical (unpaired) electrons. The zero-order valence-corrected chi connectivity index (χ0v) is 9.81. The zero-order valence-electron chi connectivity index (χ0n) is 8.99. The predicted octanol–water partition coefficient (Wildman–Crippen LogP) is 1.80. The molecule has 0 saturated heterocycles. The first-order chi connectivity index (χ1) is 8.24. The molecule has 1 aromatic carbocycles. The largest absolute Gasteiger partial charge is 0.421 e. The summed E-state index contributed by atoms with van der Waals surface area (Å²) in [6.07, 6.45) is 1.56. The number of nitrogen functional groups attached to an aromatic ring is 1. The fourth-order valence-corrected chi connectivity index (χ4v) is 2.18. The molecule has 0 aliphatic heterocycles. The van der Waals surface area contributed by atoms with Crippen molar-refractivity contribution < 1.29 is 4.74 Å². The van der Waals surface area contributed by atoms with Gasteiger partial charge in [-0.25, -0.2) is 4.98 Å². The molecule has 2 N–H and O–H groups in total. The summed E-state index contributed by atoms with van der Waals surface area (Å²) < 4.78 is 8.10. The second-order valence-electron chi connectivity index (χ2n) is 3.48. The number of hydrogen-bond donors (Lipinski definition) is 1. The fraction of sp³-hybridized carbons (Fsp3) is 0.100. The Bertz CT molecular complexity index is 674. The predicted molar refractivity (Wildman–Crippen MR) is 65.1 cm³/mol. The van der Waals surface area contributed by atoms with Gasteiger partial charge in [0.25, 0.3) is 0 Å². The number of benzene rings is 1. The number of aryl methyl sites for hydroxylation is 1. The molecule has 0 bridgehead atoms. The summed E-state index contributed by atoms with van der Waals surface area (Å²) in [6, 6.07) is 3.99. The van der Waals surface area contributed by atoms with Gasteiger partial charge in [0, 0.05) is 7.05 Å². The number of rotatable bonds is 2. The van der Waals surface area contributed by atoms with Crippen molar-refractivity contribution in [2.24, 2.45) is 7.05 Å². The van der Waals surface area contributed by atoms with Crippen molar-refractivity contribution in [1.29, 1.82) is 0 Å². The Morgan fingerprint density at radius 3 is 3.00 bits per heavy atom. The van der Waals surface area contributed by atoms with Crippen molar-refractivity contribution in [3.05, 3.63) is 24.0 Å². The highest BCUT2D eigenvalue weighted by molar-refractivity contribution is 7.16. The Kier molecular flexibility index (Phi) is 2.19. The zero-order chi connectivity index (χ0) is 11.8. The number of anilines is 1. The quantitative estimate of drug-likeness (QED) is 0.698. The lowest BCUT2D eigenvalue weighted by atomic mass is 10.3. The second-order valence-corrected chi connectivity index (χ2v) is 4.37. The van der Waals surface area contributed by atoms with Crippen molar-refractivity contribution in [2.45, 2.75) is 0 Å². The standard InChI is InChI=1S/C10H9N5OS/c1-15-4-12-10(14-15)16-6-2-3-7-9(8(6)11)13-5-17-7/h2-5H,11H2,1H3. The van der Waals surface area contributed by atoms with Crippen LogP contribution < -0.4 is 10.5 Å². The van der Waals surface area contributed by atoms with Gasteiger partial charge in [-0.2, -0.15) is 4.98 Å². The van der Waals surface area contributed by atoms with E-state index < -0.39 is 0 Å². The van der Waals surface area contributed by atoms with E-state index in [9.17, 15) is 0 Å². The van der Waals surface area contributed by atoms with Gasteiger partial charge in [0.1, 0.15) is 17.5 Å². The Morgan fingerprint density at radius 1 is 1.35 bits per heavy atom. The molecular weight excluding hydrogens is 238 g/mol. The second kappa shape index (κ2) is 3.70. The van der Waals surface area contributed by atoms with E-state index in [1.807, 2.05) is 6.07 Å². The van der Waals surface area contributed by atoms with Crippen LogP contribution in [0.2, 0.25) is 0 Å². The summed E-state index contributed by atoms with van der Waals surface area (Å²) in [5, 5.41) is 4.02. The summed E-state index contributed by atoms with van der Waals surface area (Å²) in [6.45, 7) is 0. The Morgan fingerprint density at radius 2 is 2.24 bits per heavy atom. The lowest BCUT2D eigenvalue weighted by Gasteiger charge is -2.04. The van der Waals surface area contributed by atoms with Gasteiger partial charge in [-0.05, 0) is 12.1 Å². The molecule has 0 saturated carbocycles. The summed E-state index contributed by atoms with van der Waals surface area (Å²) in [5.41, 5.74) is 8.99. The van der Waals surface area contributed by atoms with Crippen molar-refractivity contribution in [2.75, 3.05) is 5.73 Å². The van der Waals surface area contributed by atoms with Crippen LogP contribution in [-0.4, -0.2) is 19.7 Å². The summed E-state index contributed by atoms with van der Waals surface area (Å²) in [7, 11) is 1.77. The van der Waals surface area contributed by atoms with E-state index in [-0.39, 0.29) is 6.01 Å². The van der Waals surface area contributed by atoms with Crippen LogP contribution in [0.3, 0.4) is 0 Å². The van der Waals surface area contributed by atoms with E-state index in [2.05, 4.69) is 15.1 Å². The van der Waals surface area contributed by atoms with Gasteiger partial charge >= 0.3 is 6.01 Å². The monoisotopic (exact) mass is 247 g/mol. The molecule has 0 atom stereocenters. The van der Waals surface area contributed by atoms with Crippen molar-refractivity contribution in [3.8, 4) is 11.8 Å². The smallest absolute Gasteiger partial charge is 0.341 e. The van der Waals surface area contributed by atoms with Gasteiger partial charge in [0.15, 0.2) is 5.75 Å². The van der Waals surface area contributed by atoms with E-state index in [1.54, 1.807) is 29.6 Å². The number of fused-ring (bicyclic) bond motifs is 1. The van der Waals surface area contributed by atoms with Crippen LogP contribution in [0.1, 0.15) is 0 Å². The number of ether oxygens (including phenoxy) is 1. The molecule has 0 unspecified atom stereocenters. The molecule has 2 aromatic heterocycles. The molecular formula is C10H9N5OS. The highest BCUT2D eigenvalue weighted by Gasteiger charge is 2.10. The van der Waals surface area contributed by atoms with Crippen LogP contribution in [0.25, 0.3) is 10.2 Å². The molecule has 0 spiro atoms. The van der Waals surface area contributed by atoms with Gasteiger partial charge < -0.3 is 10.5 Å². The van der Waals surface area contributed by atoms with E-state index in [0.717, 1.165) is 10.2 Å². The van der Waals surface area contributed by atoms with Crippen molar-refractivity contribution in [1.82, 2.24) is 19.7 Å². The summed E-state index contributed by atoms with van der Waals surface area (Å²) in [4.78, 5) is 8.17. The van der Waals surface area contributed by atoms with Crippen LogP contribution in [0, 0.1) is 0 Å². The van der Waals surface area contributed by atoms with Gasteiger partial charge in [-0.1, -0.05) is 0 Å². The molecule has 3 rings (SSSR count). The molecule has 0 aliphatic rings. The maximum absolute atomic E-state index is 5.97. The third kappa shape index (κ3) is 1.70. The first-order valence-corrected chi connectivity index (χ1v) is 5.77. The highest BCUT2D eigenvalue weighted by Crippen LogP contribution is 2.33. The van der Waals surface area contributed by atoms with Crippen LogP contribution in [0.15, 0.2) is 24.0 Å². The molecule has 6 nitrogen and oxygen atoms in total. The van der Waals surface area contributed by atoms with E-state index in [1.165, 1.54) is 11.3 Å². The minimum Gasteiger partial charge on any atom is -0.421 e. The van der Waals surface area contributed by atoms with Crippen molar-refractivity contribution >= 4 is 27.2 Å². The van der Waals surface area contributed by atoms with Gasteiger partial charge in [0.05, 0.1) is 10.2 Å². The molecule has 3 aromatic rings. The maximum atomic E-state index is 5.97. The third-order valence-electron chi connectivity index (χ3n) is 2.28. The average Bonchev–Trinajstić information content (AvgIpc) is 2.92. The lowest BCUT2D eigenvalue weighted by Crippen LogP contribution is -1.95. The third-order valence-corrected chi connectivity index (χ3v) is 3.08. The Hall–Kier alpha value is -2.15. The minimum absolute atomic E-state index is 0.272. The van der Waals surface area contributed by atoms with Crippen LogP contribution in [0.5, 0.6) is 11.8 Å². The number of aromatic nitrogens is 4. The normalized spacial score (nSPS) is 10.9. The van der Waals surface area contributed by atoms with E-state index >= 15 is 0 Å². The Labute approximate surface area is 101 Å². The van der Waals surface area contributed by atoms with E-state index in [4.69, 9.17) is 10.5 Å². The number of nitrogens with zero attached hydrogens (tertiary/aromatic N) is 4. The lowest BCUT2D eigenvalue weighted by molar-refractivity contribution is 0.441. The molecule has 17 heavy (non-hydrogen) atoms. The van der Waals surface area contributed by atoms with E-state index in [0.29, 0.717) is 11.4 Å². The molecule has 86 valence electrons.